The average Bonchev–Trinajstić information content (AvgIpc) is 2.46. The summed E-state index contributed by atoms with van der Waals surface area (Å²) in [5.41, 5.74) is 0.582. The van der Waals surface area contributed by atoms with Crippen LogP contribution in [0.1, 0.15) is 18.4 Å². The third-order valence-corrected chi connectivity index (χ3v) is 3.17. The monoisotopic (exact) mass is 246 g/mol. The van der Waals surface area contributed by atoms with E-state index in [1.54, 1.807) is 25.3 Å². The van der Waals surface area contributed by atoms with Crippen LogP contribution in [-0.4, -0.2) is 26.8 Å². The topological polar surface area (TPSA) is 54.3 Å². The van der Waals surface area contributed by atoms with Crippen LogP contribution in [0, 0.1) is 17.2 Å². The molecule has 0 radical (unpaired) electrons. The maximum atomic E-state index is 8.83. The molecule has 96 valence electrons. The second kappa shape index (κ2) is 6.27. The highest BCUT2D eigenvalue weighted by atomic mass is 16.5. The van der Waals surface area contributed by atoms with Crippen molar-refractivity contribution < 1.29 is 9.47 Å². The van der Waals surface area contributed by atoms with Crippen molar-refractivity contribution in [3.05, 3.63) is 23.8 Å². The molecule has 2 rings (SSSR count). The van der Waals surface area contributed by atoms with Gasteiger partial charge in [0.2, 0.25) is 0 Å². The van der Waals surface area contributed by atoms with Crippen LogP contribution in [0.3, 0.4) is 0 Å². The lowest BCUT2D eigenvalue weighted by Crippen LogP contribution is -2.33. The highest BCUT2D eigenvalue weighted by Crippen LogP contribution is 2.28. The predicted octanol–water partition coefficient (Wildman–Crippen LogP) is 1.95. The van der Waals surface area contributed by atoms with Gasteiger partial charge in [0.1, 0.15) is 0 Å². The first-order chi connectivity index (χ1) is 8.83. The van der Waals surface area contributed by atoms with Crippen LogP contribution in [0.15, 0.2) is 18.2 Å². The van der Waals surface area contributed by atoms with Crippen molar-refractivity contribution in [1.82, 2.24) is 5.32 Å². The Hall–Kier alpha value is -1.73. The second-order valence-corrected chi connectivity index (χ2v) is 4.50. The third-order valence-electron chi connectivity index (χ3n) is 3.17. The SMILES string of the molecule is COc1cc(C#N)ccc1OCC1CCCNC1. The van der Waals surface area contributed by atoms with Gasteiger partial charge in [0.05, 0.1) is 25.3 Å². The van der Waals surface area contributed by atoms with E-state index in [1.165, 1.54) is 12.8 Å². The van der Waals surface area contributed by atoms with Gasteiger partial charge < -0.3 is 14.8 Å². The van der Waals surface area contributed by atoms with Gasteiger partial charge in [-0.3, -0.25) is 0 Å². The molecular formula is C14H18N2O2. The molecule has 0 bridgehead atoms. The van der Waals surface area contributed by atoms with E-state index in [4.69, 9.17) is 14.7 Å². The van der Waals surface area contributed by atoms with Gasteiger partial charge >= 0.3 is 0 Å². The van der Waals surface area contributed by atoms with Crippen LogP contribution in [0.2, 0.25) is 0 Å². The van der Waals surface area contributed by atoms with Crippen molar-refractivity contribution in [2.45, 2.75) is 12.8 Å². The molecule has 1 aliphatic rings. The van der Waals surface area contributed by atoms with Gasteiger partial charge in [0.15, 0.2) is 11.5 Å². The summed E-state index contributed by atoms with van der Waals surface area (Å²) in [7, 11) is 1.59. The van der Waals surface area contributed by atoms with E-state index >= 15 is 0 Å². The van der Waals surface area contributed by atoms with Crippen LogP contribution in [0.4, 0.5) is 0 Å². The molecule has 1 aliphatic heterocycles. The first kappa shape index (κ1) is 12.7. The van der Waals surface area contributed by atoms with E-state index in [1.807, 2.05) is 0 Å². The molecule has 0 spiro atoms. The van der Waals surface area contributed by atoms with Gasteiger partial charge in [-0.15, -0.1) is 0 Å². The van der Waals surface area contributed by atoms with E-state index in [0.717, 1.165) is 13.1 Å². The molecule has 0 amide bonds. The highest BCUT2D eigenvalue weighted by molar-refractivity contribution is 5.46. The largest absolute Gasteiger partial charge is 0.493 e. The minimum Gasteiger partial charge on any atom is -0.493 e. The zero-order valence-corrected chi connectivity index (χ0v) is 10.6. The van der Waals surface area contributed by atoms with Crippen LogP contribution >= 0.6 is 0 Å². The summed E-state index contributed by atoms with van der Waals surface area (Å²) in [6, 6.07) is 7.34. The predicted molar refractivity (Wildman–Crippen MR) is 68.8 cm³/mol. The molecule has 1 aromatic rings. The zero-order chi connectivity index (χ0) is 12.8. The van der Waals surface area contributed by atoms with Crippen molar-refractivity contribution in [1.29, 1.82) is 5.26 Å². The summed E-state index contributed by atoms with van der Waals surface area (Å²) in [4.78, 5) is 0. The van der Waals surface area contributed by atoms with Crippen molar-refractivity contribution >= 4 is 0 Å². The fraction of sp³-hybridized carbons (Fsp3) is 0.500. The molecule has 18 heavy (non-hydrogen) atoms. The molecule has 1 N–H and O–H groups in total. The maximum Gasteiger partial charge on any atom is 0.162 e. The molecule has 1 heterocycles. The Balaban J connectivity index is 1.98. The summed E-state index contributed by atoms with van der Waals surface area (Å²) < 4.78 is 11.0. The number of nitrogens with zero attached hydrogens (tertiary/aromatic N) is 1. The summed E-state index contributed by atoms with van der Waals surface area (Å²) in [6.07, 6.45) is 2.41. The molecule has 1 saturated heterocycles. The molecule has 0 aromatic heterocycles. The molecule has 0 aliphatic carbocycles. The molecular weight excluding hydrogens is 228 g/mol. The normalized spacial score (nSPS) is 19.0. The number of methoxy groups -OCH3 is 1. The lowest BCUT2D eigenvalue weighted by atomic mass is 10.0. The summed E-state index contributed by atoms with van der Waals surface area (Å²) >= 11 is 0. The van der Waals surface area contributed by atoms with Crippen LogP contribution in [-0.2, 0) is 0 Å². The smallest absolute Gasteiger partial charge is 0.162 e. The quantitative estimate of drug-likeness (QED) is 0.882. The zero-order valence-electron chi connectivity index (χ0n) is 10.6. The lowest BCUT2D eigenvalue weighted by molar-refractivity contribution is 0.211. The van der Waals surface area contributed by atoms with E-state index in [2.05, 4.69) is 11.4 Å². The Kier molecular flexibility index (Phi) is 4.43. The summed E-state index contributed by atoms with van der Waals surface area (Å²) in [5, 5.41) is 12.2. The van der Waals surface area contributed by atoms with Gasteiger partial charge in [-0.2, -0.15) is 5.26 Å². The van der Waals surface area contributed by atoms with E-state index in [9.17, 15) is 0 Å². The first-order valence-corrected chi connectivity index (χ1v) is 6.25. The van der Waals surface area contributed by atoms with Gasteiger partial charge in [0, 0.05) is 18.5 Å². The van der Waals surface area contributed by atoms with Crippen LogP contribution < -0.4 is 14.8 Å². The summed E-state index contributed by atoms with van der Waals surface area (Å²) in [6.45, 7) is 2.81. The molecule has 4 heteroatoms. The number of hydrogen-bond acceptors (Lipinski definition) is 4. The Morgan fingerprint density at radius 2 is 2.33 bits per heavy atom. The first-order valence-electron chi connectivity index (χ1n) is 6.25. The average molecular weight is 246 g/mol. The Morgan fingerprint density at radius 3 is 3.00 bits per heavy atom. The molecule has 4 nitrogen and oxygen atoms in total. The standard InChI is InChI=1S/C14H18N2O2/c1-17-14-7-11(8-15)4-5-13(14)18-10-12-3-2-6-16-9-12/h4-5,7,12,16H,2-3,6,9-10H2,1H3. The van der Waals surface area contributed by atoms with Gasteiger partial charge in [-0.25, -0.2) is 0 Å². The Labute approximate surface area is 108 Å². The number of hydrogen-bond donors (Lipinski definition) is 1. The number of nitrogens with one attached hydrogen (secondary N) is 1. The number of rotatable bonds is 4. The van der Waals surface area contributed by atoms with E-state index in [0.29, 0.717) is 29.6 Å². The number of piperidine rings is 1. The minimum absolute atomic E-state index is 0.555. The Morgan fingerprint density at radius 1 is 1.44 bits per heavy atom. The van der Waals surface area contributed by atoms with Crippen molar-refractivity contribution in [3.63, 3.8) is 0 Å². The van der Waals surface area contributed by atoms with Gasteiger partial charge in [0.25, 0.3) is 0 Å². The van der Waals surface area contributed by atoms with Crippen LogP contribution in [0.5, 0.6) is 11.5 Å². The number of benzene rings is 1. The van der Waals surface area contributed by atoms with Gasteiger partial charge in [-0.05, 0) is 31.5 Å². The second-order valence-electron chi connectivity index (χ2n) is 4.50. The summed E-state index contributed by atoms with van der Waals surface area (Å²) in [5.74, 6) is 1.89. The van der Waals surface area contributed by atoms with Crippen molar-refractivity contribution in [2.24, 2.45) is 5.92 Å². The molecule has 0 saturated carbocycles. The Bertz CT molecular complexity index is 434. The third kappa shape index (κ3) is 3.14. The molecule has 1 aromatic carbocycles. The number of nitriles is 1. The van der Waals surface area contributed by atoms with Gasteiger partial charge in [-0.1, -0.05) is 0 Å². The molecule has 1 unspecified atom stereocenters. The van der Waals surface area contributed by atoms with Crippen LogP contribution in [0.25, 0.3) is 0 Å². The molecule has 1 atom stereocenters. The van der Waals surface area contributed by atoms with E-state index in [-0.39, 0.29) is 0 Å². The van der Waals surface area contributed by atoms with E-state index < -0.39 is 0 Å². The minimum atomic E-state index is 0.555. The highest BCUT2D eigenvalue weighted by Gasteiger charge is 2.14. The number of ether oxygens (including phenoxy) is 2. The maximum absolute atomic E-state index is 8.83. The lowest BCUT2D eigenvalue weighted by Gasteiger charge is -2.23. The fourth-order valence-corrected chi connectivity index (χ4v) is 2.13. The fourth-order valence-electron chi connectivity index (χ4n) is 2.13. The van der Waals surface area contributed by atoms with Crippen molar-refractivity contribution in [3.8, 4) is 17.6 Å². The van der Waals surface area contributed by atoms with Crippen molar-refractivity contribution in [2.75, 3.05) is 26.8 Å². The molecule has 1 fully saturated rings.